The van der Waals surface area contributed by atoms with Crippen LogP contribution in [-0.2, 0) is 0 Å². The van der Waals surface area contributed by atoms with Gasteiger partial charge in [0.25, 0.3) is 5.69 Å². The molecule has 3 aromatic rings. The lowest BCUT2D eigenvalue weighted by atomic mass is 10.1. The van der Waals surface area contributed by atoms with E-state index in [0.717, 1.165) is 0 Å². The van der Waals surface area contributed by atoms with Gasteiger partial charge in [-0.2, -0.15) is 5.26 Å². The van der Waals surface area contributed by atoms with Crippen molar-refractivity contribution in [1.29, 1.82) is 5.26 Å². The molecule has 0 amide bonds. The second-order valence-electron chi connectivity index (χ2n) is 4.84. The highest BCUT2D eigenvalue weighted by molar-refractivity contribution is 5.88. The third-order valence-electron chi connectivity index (χ3n) is 3.42. The molecule has 2 aromatic carbocycles. The number of aromatic nitrogens is 1. The van der Waals surface area contributed by atoms with E-state index in [0.29, 0.717) is 33.7 Å². The van der Waals surface area contributed by atoms with Crippen molar-refractivity contribution in [2.24, 2.45) is 0 Å². The highest BCUT2D eigenvalue weighted by Gasteiger charge is 2.11. The van der Waals surface area contributed by atoms with Gasteiger partial charge in [0, 0.05) is 23.7 Å². The van der Waals surface area contributed by atoms with Crippen molar-refractivity contribution >= 4 is 16.6 Å². The predicted octanol–water partition coefficient (Wildman–Crippen LogP) is 3.82. The van der Waals surface area contributed by atoms with Crippen molar-refractivity contribution in [2.45, 2.75) is 0 Å². The largest absolute Gasteiger partial charge is 0.495 e. The first-order valence-electron chi connectivity index (χ1n) is 6.91. The molecular formula is C17H11N3O4. The Hall–Kier alpha value is -3.66. The smallest absolute Gasteiger partial charge is 0.269 e. The van der Waals surface area contributed by atoms with Crippen LogP contribution in [0.5, 0.6) is 17.2 Å². The first-order chi connectivity index (χ1) is 11.6. The van der Waals surface area contributed by atoms with Crippen molar-refractivity contribution < 1.29 is 14.4 Å². The third-order valence-corrected chi connectivity index (χ3v) is 3.42. The second-order valence-corrected chi connectivity index (χ2v) is 4.84. The van der Waals surface area contributed by atoms with Gasteiger partial charge in [0.2, 0.25) is 0 Å². The van der Waals surface area contributed by atoms with Crippen molar-refractivity contribution in [1.82, 2.24) is 4.98 Å². The minimum atomic E-state index is -0.472. The first kappa shape index (κ1) is 15.2. The molecule has 0 spiro atoms. The molecule has 1 heterocycles. The molecule has 118 valence electrons. The number of nitro benzene ring substituents is 1. The Morgan fingerprint density at radius 3 is 2.54 bits per heavy atom. The summed E-state index contributed by atoms with van der Waals surface area (Å²) in [6.45, 7) is 0. The standard InChI is InChI=1S/C17H11N3O4/c1-23-17-9-14-15(8-11(17)10-18)19-7-6-16(14)24-13-4-2-12(3-5-13)20(21)22/h2-9H,1H3. The Kier molecular flexibility index (Phi) is 3.95. The van der Waals surface area contributed by atoms with Crippen LogP contribution < -0.4 is 9.47 Å². The van der Waals surface area contributed by atoms with Gasteiger partial charge in [0.05, 0.1) is 23.1 Å². The van der Waals surface area contributed by atoms with Gasteiger partial charge in [0.1, 0.15) is 23.3 Å². The van der Waals surface area contributed by atoms with Crippen LogP contribution in [0.1, 0.15) is 5.56 Å². The molecule has 7 nitrogen and oxygen atoms in total. The fraction of sp³-hybridized carbons (Fsp3) is 0.0588. The SMILES string of the molecule is COc1cc2c(Oc3ccc([N+](=O)[O-])cc3)ccnc2cc1C#N. The average Bonchev–Trinajstić information content (AvgIpc) is 2.61. The monoisotopic (exact) mass is 321 g/mol. The first-order valence-corrected chi connectivity index (χ1v) is 6.91. The zero-order valence-electron chi connectivity index (χ0n) is 12.6. The number of fused-ring (bicyclic) bond motifs is 1. The summed E-state index contributed by atoms with van der Waals surface area (Å²) >= 11 is 0. The molecule has 3 rings (SSSR count). The summed E-state index contributed by atoms with van der Waals surface area (Å²) in [7, 11) is 1.48. The van der Waals surface area contributed by atoms with E-state index in [2.05, 4.69) is 11.1 Å². The molecule has 0 unspecified atom stereocenters. The summed E-state index contributed by atoms with van der Waals surface area (Å²) in [5.74, 6) is 1.39. The van der Waals surface area contributed by atoms with E-state index in [-0.39, 0.29) is 5.69 Å². The van der Waals surface area contributed by atoms with E-state index in [1.807, 2.05) is 0 Å². The number of nitriles is 1. The van der Waals surface area contributed by atoms with Crippen molar-refractivity contribution in [2.75, 3.05) is 7.11 Å². The summed E-state index contributed by atoms with van der Waals surface area (Å²) < 4.78 is 11.0. The molecule has 1 aromatic heterocycles. The summed E-state index contributed by atoms with van der Waals surface area (Å²) in [6, 6.07) is 12.8. The average molecular weight is 321 g/mol. The maximum Gasteiger partial charge on any atom is 0.269 e. The number of pyridine rings is 1. The van der Waals surface area contributed by atoms with Crippen LogP contribution in [0, 0.1) is 21.4 Å². The molecule has 0 aliphatic rings. The number of hydrogen-bond acceptors (Lipinski definition) is 6. The maximum atomic E-state index is 10.7. The van der Waals surface area contributed by atoms with Crippen LogP contribution in [0.15, 0.2) is 48.7 Å². The van der Waals surface area contributed by atoms with Crippen molar-refractivity contribution in [3.8, 4) is 23.3 Å². The number of benzene rings is 2. The Balaban J connectivity index is 2.03. The zero-order valence-corrected chi connectivity index (χ0v) is 12.6. The number of rotatable bonds is 4. The molecule has 0 radical (unpaired) electrons. The Morgan fingerprint density at radius 1 is 1.17 bits per heavy atom. The molecule has 7 heteroatoms. The minimum absolute atomic E-state index is 0.0118. The van der Waals surface area contributed by atoms with E-state index >= 15 is 0 Å². The maximum absolute atomic E-state index is 10.7. The fourth-order valence-electron chi connectivity index (χ4n) is 2.26. The molecular weight excluding hydrogens is 310 g/mol. The van der Waals surface area contributed by atoms with Crippen molar-refractivity contribution in [3.63, 3.8) is 0 Å². The lowest BCUT2D eigenvalue weighted by molar-refractivity contribution is -0.384. The van der Waals surface area contributed by atoms with Crippen LogP contribution in [0.25, 0.3) is 10.9 Å². The molecule has 0 aliphatic heterocycles. The number of ether oxygens (including phenoxy) is 2. The van der Waals surface area contributed by atoms with E-state index in [9.17, 15) is 10.1 Å². The molecule has 0 bridgehead atoms. The second kappa shape index (κ2) is 6.22. The lowest BCUT2D eigenvalue weighted by Crippen LogP contribution is -1.93. The number of methoxy groups -OCH3 is 1. The Bertz CT molecular complexity index is 962. The van der Waals surface area contributed by atoms with Crippen molar-refractivity contribution in [3.05, 3.63) is 64.3 Å². The fourth-order valence-corrected chi connectivity index (χ4v) is 2.26. The molecule has 0 N–H and O–H groups in total. The number of hydrogen-bond donors (Lipinski definition) is 0. The quantitative estimate of drug-likeness (QED) is 0.535. The summed E-state index contributed by atoms with van der Waals surface area (Å²) in [4.78, 5) is 14.4. The Morgan fingerprint density at radius 2 is 1.92 bits per heavy atom. The normalized spacial score (nSPS) is 10.2. The molecule has 0 fully saturated rings. The molecule has 24 heavy (non-hydrogen) atoms. The minimum Gasteiger partial charge on any atom is -0.495 e. The van der Waals surface area contributed by atoms with E-state index in [1.165, 1.54) is 31.4 Å². The lowest BCUT2D eigenvalue weighted by Gasteiger charge is -2.10. The highest BCUT2D eigenvalue weighted by Crippen LogP contribution is 2.33. The van der Waals surface area contributed by atoms with Crippen LogP contribution >= 0.6 is 0 Å². The van der Waals surface area contributed by atoms with Gasteiger partial charge in [-0.3, -0.25) is 15.1 Å². The topological polar surface area (TPSA) is 98.3 Å². The molecule has 0 atom stereocenters. The predicted molar refractivity (Wildman–Crippen MR) is 86.2 cm³/mol. The van der Waals surface area contributed by atoms with Crippen LogP contribution in [0.2, 0.25) is 0 Å². The number of non-ortho nitro benzene ring substituents is 1. The van der Waals surface area contributed by atoms with E-state index < -0.39 is 4.92 Å². The summed E-state index contributed by atoms with van der Waals surface area (Å²) in [6.07, 6.45) is 1.57. The van der Waals surface area contributed by atoms with Crippen LogP contribution in [0.3, 0.4) is 0 Å². The Labute approximate surface area is 136 Å². The van der Waals surface area contributed by atoms with Gasteiger partial charge < -0.3 is 9.47 Å². The zero-order chi connectivity index (χ0) is 17.1. The van der Waals surface area contributed by atoms with Gasteiger partial charge >= 0.3 is 0 Å². The number of nitrogens with zero attached hydrogens (tertiary/aromatic N) is 3. The van der Waals surface area contributed by atoms with Gasteiger partial charge in [-0.1, -0.05) is 0 Å². The number of nitro groups is 1. The summed E-state index contributed by atoms with van der Waals surface area (Å²) in [5.41, 5.74) is 0.957. The van der Waals surface area contributed by atoms with Gasteiger partial charge in [-0.25, -0.2) is 0 Å². The van der Waals surface area contributed by atoms with Crippen LogP contribution in [-0.4, -0.2) is 17.0 Å². The molecule has 0 saturated carbocycles. The van der Waals surface area contributed by atoms with Gasteiger partial charge in [-0.05, 0) is 30.3 Å². The third kappa shape index (κ3) is 2.80. The van der Waals surface area contributed by atoms with Crippen LogP contribution in [0.4, 0.5) is 5.69 Å². The molecule has 0 aliphatic carbocycles. The van der Waals surface area contributed by atoms with E-state index in [1.54, 1.807) is 24.4 Å². The highest BCUT2D eigenvalue weighted by atomic mass is 16.6. The molecule has 0 saturated heterocycles. The van der Waals surface area contributed by atoms with E-state index in [4.69, 9.17) is 14.7 Å². The summed E-state index contributed by atoms with van der Waals surface area (Å²) in [5, 5.41) is 20.5. The van der Waals surface area contributed by atoms with Gasteiger partial charge in [0.15, 0.2) is 0 Å². The van der Waals surface area contributed by atoms with Gasteiger partial charge in [-0.15, -0.1) is 0 Å².